The van der Waals surface area contributed by atoms with Gasteiger partial charge in [-0.15, -0.1) is 0 Å². The van der Waals surface area contributed by atoms with Gasteiger partial charge in [-0.2, -0.15) is 5.10 Å². The van der Waals surface area contributed by atoms with Gasteiger partial charge in [-0.05, 0) is 56.6 Å². The van der Waals surface area contributed by atoms with Crippen LogP contribution in [0.5, 0.6) is 5.75 Å². The first kappa shape index (κ1) is 16.8. The number of nitrogens with zero attached hydrogens (tertiary/aromatic N) is 3. The Balaban J connectivity index is 1.63. The molecular weight excluding hydrogens is 326 g/mol. The number of rotatable bonds is 5. The lowest BCUT2D eigenvalue weighted by atomic mass is 10.1. The van der Waals surface area contributed by atoms with E-state index >= 15 is 0 Å². The lowest BCUT2D eigenvalue weighted by molar-refractivity contribution is 0.414. The molecule has 26 heavy (non-hydrogen) atoms. The van der Waals surface area contributed by atoms with E-state index in [2.05, 4.69) is 39.4 Å². The van der Waals surface area contributed by atoms with Gasteiger partial charge in [0.25, 0.3) is 0 Å². The van der Waals surface area contributed by atoms with Crippen LogP contribution in [-0.2, 0) is 6.54 Å². The number of hydrogen-bond donors (Lipinski definition) is 2. The van der Waals surface area contributed by atoms with Crippen LogP contribution in [0.1, 0.15) is 24.1 Å². The fourth-order valence-electron chi connectivity index (χ4n) is 3.60. The van der Waals surface area contributed by atoms with Crippen LogP contribution in [-0.4, -0.2) is 41.0 Å². The van der Waals surface area contributed by atoms with Gasteiger partial charge in [0.1, 0.15) is 11.6 Å². The maximum absolute atomic E-state index is 5.24. The van der Waals surface area contributed by atoms with Crippen molar-refractivity contribution in [3.05, 3.63) is 47.8 Å². The molecule has 6 heteroatoms. The van der Waals surface area contributed by atoms with E-state index in [1.807, 2.05) is 24.4 Å². The van der Waals surface area contributed by atoms with E-state index < -0.39 is 0 Å². The zero-order chi connectivity index (χ0) is 17.9. The van der Waals surface area contributed by atoms with E-state index in [9.17, 15) is 0 Å². The normalized spacial score (nSPS) is 15.3. The largest absolute Gasteiger partial charge is 0.497 e. The number of anilines is 1. The highest BCUT2D eigenvalue weighted by Gasteiger charge is 2.17. The highest BCUT2D eigenvalue weighted by Crippen LogP contribution is 2.27. The van der Waals surface area contributed by atoms with E-state index in [0.29, 0.717) is 6.04 Å². The van der Waals surface area contributed by atoms with E-state index in [1.54, 1.807) is 7.11 Å². The summed E-state index contributed by atoms with van der Waals surface area (Å²) in [6.07, 6.45) is 4.12. The predicted molar refractivity (Wildman–Crippen MR) is 104 cm³/mol. The number of ether oxygens (including phenoxy) is 1. The molecule has 0 unspecified atom stereocenters. The van der Waals surface area contributed by atoms with Crippen LogP contribution < -0.4 is 15.4 Å². The van der Waals surface area contributed by atoms with Crippen molar-refractivity contribution in [2.45, 2.75) is 32.4 Å². The van der Waals surface area contributed by atoms with Gasteiger partial charge in [-0.3, -0.25) is 4.68 Å². The molecule has 0 saturated carbocycles. The Bertz CT molecular complexity index is 881. The summed E-state index contributed by atoms with van der Waals surface area (Å²) in [5.74, 6) is 1.82. The molecule has 3 heterocycles. The van der Waals surface area contributed by atoms with Crippen LogP contribution in [0.4, 0.5) is 5.82 Å². The second-order valence-corrected chi connectivity index (χ2v) is 6.81. The molecular formula is C20H25N5O. The molecule has 1 aliphatic heterocycles. The third-order valence-electron chi connectivity index (χ3n) is 5.01. The molecule has 6 nitrogen and oxygen atoms in total. The van der Waals surface area contributed by atoms with Crippen molar-refractivity contribution in [1.82, 2.24) is 20.1 Å². The molecule has 0 radical (unpaired) electrons. The number of fused-ring (bicyclic) bond motifs is 1. The first-order valence-corrected chi connectivity index (χ1v) is 9.17. The van der Waals surface area contributed by atoms with Crippen molar-refractivity contribution in [3.8, 4) is 5.75 Å². The smallest absolute Gasteiger partial charge is 0.137 e. The number of aryl methyl sites for hydroxylation is 1. The van der Waals surface area contributed by atoms with E-state index in [1.165, 1.54) is 5.56 Å². The molecule has 2 aromatic heterocycles. The summed E-state index contributed by atoms with van der Waals surface area (Å²) >= 11 is 0. The summed E-state index contributed by atoms with van der Waals surface area (Å²) in [6, 6.07) is 10.7. The lowest BCUT2D eigenvalue weighted by Crippen LogP contribution is -2.35. The number of nitrogens with one attached hydrogen (secondary N) is 2. The first-order valence-electron chi connectivity index (χ1n) is 9.17. The fourth-order valence-corrected chi connectivity index (χ4v) is 3.60. The van der Waals surface area contributed by atoms with Crippen LogP contribution in [0, 0.1) is 6.92 Å². The second kappa shape index (κ2) is 7.33. The summed E-state index contributed by atoms with van der Waals surface area (Å²) < 4.78 is 7.30. The van der Waals surface area contributed by atoms with Gasteiger partial charge in [-0.25, -0.2) is 4.98 Å². The van der Waals surface area contributed by atoms with Gasteiger partial charge in [0.15, 0.2) is 0 Å². The quantitative estimate of drug-likeness (QED) is 0.740. The average Bonchev–Trinajstić information content (AvgIpc) is 3.00. The SMILES string of the molecule is COc1ccc(Cn2nc(C)c3c(NC4CCNCC4)nccc32)cc1. The van der Waals surface area contributed by atoms with E-state index in [4.69, 9.17) is 9.84 Å². The number of aromatic nitrogens is 3. The minimum absolute atomic E-state index is 0.471. The molecule has 0 spiro atoms. The average molecular weight is 351 g/mol. The Hall–Kier alpha value is -2.60. The maximum Gasteiger partial charge on any atom is 0.137 e. The van der Waals surface area contributed by atoms with Crippen LogP contribution in [0.2, 0.25) is 0 Å². The maximum atomic E-state index is 5.24. The molecule has 1 fully saturated rings. The minimum atomic E-state index is 0.471. The van der Waals surface area contributed by atoms with Gasteiger partial charge in [0.05, 0.1) is 30.3 Å². The number of pyridine rings is 1. The molecule has 0 aliphatic carbocycles. The number of methoxy groups -OCH3 is 1. The molecule has 2 N–H and O–H groups in total. The van der Waals surface area contributed by atoms with Gasteiger partial charge < -0.3 is 15.4 Å². The summed E-state index contributed by atoms with van der Waals surface area (Å²) in [5.41, 5.74) is 3.32. The third kappa shape index (κ3) is 3.37. The summed E-state index contributed by atoms with van der Waals surface area (Å²) in [4.78, 5) is 4.60. The van der Waals surface area contributed by atoms with Crippen molar-refractivity contribution in [2.24, 2.45) is 0 Å². The predicted octanol–water partition coefficient (Wildman–Crippen LogP) is 2.96. The van der Waals surface area contributed by atoms with Gasteiger partial charge in [0.2, 0.25) is 0 Å². The molecule has 0 bridgehead atoms. The Morgan fingerprint density at radius 2 is 1.96 bits per heavy atom. The summed E-state index contributed by atoms with van der Waals surface area (Å²) in [5, 5.41) is 12.9. The lowest BCUT2D eigenvalue weighted by Gasteiger charge is -2.24. The molecule has 0 amide bonds. The zero-order valence-corrected chi connectivity index (χ0v) is 15.3. The molecule has 1 saturated heterocycles. The van der Waals surface area contributed by atoms with Crippen molar-refractivity contribution in [1.29, 1.82) is 0 Å². The van der Waals surface area contributed by atoms with Crippen LogP contribution >= 0.6 is 0 Å². The minimum Gasteiger partial charge on any atom is -0.497 e. The first-order chi connectivity index (χ1) is 12.7. The highest BCUT2D eigenvalue weighted by atomic mass is 16.5. The fraction of sp³-hybridized carbons (Fsp3) is 0.400. The molecule has 0 atom stereocenters. The topological polar surface area (TPSA) is 64.0 Å². The Labute approximate surface area is 153 Å². The zero-order valence-electron chi connectivity index (χ0n) is 15.3. The highest BCUT2D eigenvalue weighted by molar-refractivity contribution is 5.91. The van der Waals surface area contributed by atoms with E-state index in [-0.39, 0.29) is 0 Å². The number of benzene rings is 1. The van der Waals surface area contributed by atoms with E-state index in [0.717, 1.165) is 60.6 Å². The standard InChI is InChI=1S/C20H25N5O/c1-14-19-18(9-12-22-20(19)23-16-7-10-21-11-8-16)25(24-14)13-15-3-5-17(26-2)6-4-15/h3-6,9,12,16,21H,7-8,10-11,13H2,1-2H3,(H,22,23). The van der Waals surface area contributed by atoms with Gasteiger partial charge in [0, 0.05) is 12.2 Å². The van der Waals surface area contributed by atoms with Gasteiger partial charge in [-0.1, -0.05) is 12.1 Å². The van der Waals surface area contributed by atoms with Crippen molar-refractivity contribution in [3.63, 3.8) is 0 Å². The van der Waals surface area contributed by atoms with Crippen molar-refractivity contribution in [2.75, 3.05) is 25.5 Å². The summed E-state index contributed by atoms with van der Waals surface area (Å²) in [6.45, 7) is 4.90. The van der Waals surface area contributed by atoms with Crippen LogP contribution in [0.15, 0.2) is 36.5 Å². The summed E-state index contributed by atoms with van der Waals surface area (Å²) in [7, 11) is 1.68. The Morgan fingerprint density at radius 1 is 1.19 bits per heavy atom. The molecule has 4 rings (SSSR count). The molecule has 136 valence electrons. The van der Waals surface area contributed by atoms with Crippen molar-refractivity contribution < 1.29 is 4.74 Å². The monoisotopic (exact) mass is 351 g/mol. The molecule has 3 aromatic rings. The molecule has 1 aliphatic rings. The third-order valence-corrected chi connectivity index (χ3v) is 5.01. The van der Waals surface area contributed by atoms with Crippen molar-refractivity contribution >= 4 is 16.7 Å². The van der Waals surface area contributed by atoms with Crippen LogP contribution in [0.25, 0.3) is 10.9 Å². The molecule has 1 aromatic carbocycles. The van der Waals surface area contributed by atoms with Crippen LogP contribution in [0.3, 0.4) is 0 Å². The second-order valence-electron chi connectivity index (χ2n) is 6.81. The van der Waals surface area contributed by atoms with Gasteiger partial charge >= 0.3 is 0 Å². The number of piperidine rings is 1. The Morgan fingerprint density at radius 3 is 2.69 bits per heavy atom. The Kier molecular flexibility index (Phi) is 4.75. The number of hydrogen-bond acceptors (Lipinski definition) is 5.